The Bertz CT molecular complexity index is 470. The Morgan fingerprint density at radius 2 is 2.10 bits per heavy atom. The summed E-state index contributed by atoms with van der Waals surface area (Å²) < 4.78 is 6.78. The number of ether oxygens (including phenoxy) is 1. The summed E-state index contributed by atoms with van der Waals surface area (Å²) in [4.78, 5) is 12.1. The molecule has 1 aliphatic rings. The average molecular weight is 354 g/mol. The van der Waals surface area contributed by atoms with Crippen LogP contribution < -0.4 is 5.32 Å². The number of amides is 1. The van der Waals surface area contributed by atoms with E-state index in [0.717, 1.165) is 28.6 Å². The predicted molar refractivity (Wildman–Crippen MR) is 88.7 cm³/mol. The van der Waals surface area contributed by atoms with E-state index >= 15 is 0 Å². The first kappa shape index (κ1) is 16.5. The second kappa shape index (κ2) is 8.54. The lowest BCUT2D eigenvalue weighted by Gasteiger charge is -2.21. The summed E-state index contributed by atoms with van der Waals surface area (Å²) in [6.07, 6.45) is 7.65. The molecule has 0 aromatic heterocycles. The van der Waals surface area contributed by atoms with Crippen LogP contribution in [0.5, 0.6) is 0 Å². The second-order valence-electron chi connectivity index (χ2n) is 5.70. The molecule has 1 aromatic carbocycles. The van der Waals surface area contributed by atoms with Gasteiger partial charge in [-0.2, -0.15) is 0 Å². The van der Waals surface area contributed by atoms with Crippen molar-refractivity contribution in [2.75, 3.05) is 13.2 Å². The van der Waals surface area contributed by atoms with Crippen molar-refractivity contribution in [2.45, 2.75) is 51.6 Å². The summed E-state index contributed by atoms with van der Waals surface area (Å²) in [7, 11) is 0. The van der Waals surface area contributed by atoms with E-state index < -0.39 is 0 Å². The first-order chi connectivity index (χ1) is 10.2. The van der Waals surface area contributed by atoms with Crippen LogP contribution in [0.4, 0.5) is 0 Å². The maximum absolute atomic E-state index is 12.1. The van der Waals surface area contributed by atoms with Gasteiger partial charge in [-0.25, -0.2) is 0 Å². The van der Waals surface area contributed by atoms with E-state index in [1.165, 1.54) is 32.1 Å². The van der Waals surface area contributed by atoms with Gasteiger partial charge in [-0.15, -0.1) is 0 Å². The summed E-state index contributed by atoms with van der Waals surface area (Å²) in [5.41, 5.74) is 1.73. The van der Waals surface area contributed by atoms with Gasteiger partial charge < -0.3 is 10.1 Å². The van der Waals surface area contributed by atoms with Crippen molar-refractivity contribution in [3.8, 4) is 0 Å². The maximum atomic E-state index is 12.1. The lowest BCUT2D eigenvalue weighted by Crippen LogP contribution is -2.26. The molecular formula is C17H24BrNO2. The SMILES string of the molecule is Cc1ccc(Br)cc1C(=O)NCCCOC1CCCCC1. The molecule has 0 unspecified atom stereocenters. The third-order valence-corrected chi connectivity index (χ3v) is 4.45. The predicted octanol–water partition coefficient (Wildman–Crippen LogP) is 4.23. The van der Waals surface area contributed by atoms with Crippen LogP contribution in [0.15, 0.2) is 22.7 Å². The zero-order valence-electron chi connectivity index (χ0n) is 12.7. The fourth-order valence-corrected chi connectivity index (χ4v) is 3.05. The molecule has 0 saturated heterocycles. The van der Waals surface area contributed by atoms with E-state index in [-0.39, 0.29) is 5.91 Å². The van der Waals surface area contributed by atoms with Crippen molar-refractivity contribution in [1.29, 1.82) is 0 Å². The van der Waals surface area contributed by atoms with Crippen LogP contribution in [0.2, 0.25) is 0 Å². The van der Waals surface area contributed by atoms with Gasteiger partial charge in [-0.1, -0.05) is 41.3 Å². The van der Waals surface area contributed by atoms with Gasteiger partial charge in [-0.3, -0.25) is 4.79 Å². The van der Waals surface area contributed by atoms with Gasteiger partial charge in [0.15, 0.2) is 0 Å². The summed E-state index contributed by atoms with van der Waals surface area (Å²) in [6.45, 7) is 3.35. The van der Waals surface area contributed by atoms with Gasteiger partial charge >= 0.3 is 0 Å². The Labute approximate surface area is 135 Å². The van der Waals surface area contributed by atoms with E-state index in [1.807, 2.05) is 25.1 Å². The van der Waals surface area contributed by atoms with E-state index in [2.05, 4.69) is 21.2 Å². The number of carbonyl (C=O) groups excluding carboxylic acids is 1. The van der Waals surface area contributed by atoms with Crippen molar-refractivity contribution < 1.29 is 9.53 Å². The van der Waals surface area contributed by atoms with Crippen LogP contribution >= 0.6 is 15.9 Å². The summed E-state index contributed by atoms with van der Waals surface area (Å²) in [6, 6.07) is 5.76. The minimum Gasteiger partial charge on any atom is -0.378 e. The Morgan fingerprint density at radius 1 is 1.33 bits per heavy atom. The molecule has 1 fully saturated rings. The molecule has 1 amide bonds. The fraction of sp³-hybridized carbons (Fsp3) is 0.588. The Hall–Kier alpha value is -0.870. The normalized spacial score (nSPS) is 15.9. The third kappa shape index (κ3) is 5.44. The molecule has 21 heavy (non-hydrogen) atoms. The fourth-order valence-electron chi connectivity index (χ4n) is 2.69. The summed E-state index contributed by atoms with van der Waals surface area (Å²) in [5.74, 6) is -0.00790. The Kier molecular flexibility index (Phi) is 6.71. The summed E-state index contributed by atoms with van der Waals surface area (Å²) in [5, 5.41) is 2.96. The highest BCUT2D eigenvalue weighted by Crippen LogP contribution is 2.20. The van der Waals surface area contributed by atoms with Crippen LogP contribution in [0.1, 0.15) is 54.4 Å². The molecule has 1 saturated carbocycles. The van der Waals surface area contributed by atoms with Crippen molar-refractivity contribution in [2.24, 2.45) is 0 Å². The van der Waals surface area contributed by atoms with E-state index in [0.29, 0.717) is 12.6 Å². The molecule has 3 nitrogen and oxygen atoms in total. The van der Waals surface area contributed by atoms with Crippen LogP contribution in [0, 0.1) is 6.92 Å². The lowest BCUT2D eigenvalue weighted by molar-refractivity contribution is 0.0273. The van der Waals surface area contributed by atoms with E-state index in [4.69, 9.17) is 4.74 Å². The van der Waals surface area contributed by atoms with Gasteiger partial charge in [0.2, 0.25) is 0 Å². The quantitative estimate of drug-likeness (QED) is 0.777. The molecule has 2 rings (SSSR count). The molecule has 1 N–H and O–H groups in total. The minimum atomic E-state index is -0.00790. The number of hydrogen-bond donors (Lipinski definition) is 1. The van der Waals surface area contributed by atoms with Crippen molar-refractivity contribution >= 4 is 21.8 Å². The van der Waals surface area contributed by atoms with Gasteiger partial charge in [0.05, 0.1) is 6.10 Å². The number of halogens is 1. The first-order valence-corrected chi connectivity index (χ1v) is 8.62. The molecule has 116 valence electrons. The molecule has 0 atom stereocenters. The number of nitrogens with one attached hydrogen (secondary N) is 1. The van der Waals surface area contributed by atoms with Crippen molar-refractivity contribution in [3.63, 3.8) is 0 Å². The monoisotopic (exact) mass is 353 g/mol. The van der Waals surface area contributed by atoms with Gasteiger partial charge in [0.25, 0.3) is 5.91 Å². The average Bonchev–Trinajstić information content (AvgIpc) is 2.50. The lowest BCUT2D eigenvalue weighted by atomic mass is 9.98. The molecule has 1 aliphatic carbocycles. The molecule has 1 aromatic rings. The largest absolute Gasteiger partial charge is 0.378 e. The third-order valence-electron chi connectivity index (χ3n) is 3.96. The zero-order chi connectivity index (χ0) is 15.1. The number of hydrogen-bond acceptors (Lipinski definition) is 2. The molecule has 0 radical (unpaired) electrons. The zero-order valence-corrected chi connectivity index (χ0v) is 14.2. The number of carbonyl (C=O) groups is 1. The molecular weight excluding hydrogens is 330 g/mol. The topological polar surface area (TPSA) is 38.3 Å². The highest BCUT2D eigenvalue weighted by atomic mass is 79.9. The summed E-state index contributed by atoms with van der Waals surface area (Å²) >= 11 is 3.40. The smallest absolute Gasteiger partial charge is 0.251 e. The first-order valence-electron chi connectivity index (χ1n) is 7.83. The van der Waals surface area contributed by atoms with Crippen LogP contribution in [0.3, 0.4) is 0 Å². The maximum Gasteiger partial charge on any atom is 0.251 e. The van der Waals surface area contributed by atoms with Crippen molar-refractivity contribution in [1.82, 2.24) is 5.32 Å². The van der Waals surface area contributed by atoms with Crippen LogP contribution in [0.25, 0.3) is 0 Å². The Balaban J connectivity index is 1.66. The second-order valence-corrected chi connectivity index (χ2v) is 6.62. The van der Waals surface area contributed by atoms with Crippen LogP contribution in [-0.4, -0.2) is 25.2 Å². The van der Waals surface area contributed by atoms with Gasteiger partial charge in [0.1, 0.15) is 0 Å². The van der Waals surface area contributed by atoms with E-state index in [9.17, 15) is 4.79 Å². The number of benzene rings is 1. The standard InChI is InChI=1S/C17H24BrNO2/c1-13-8-9-14(18)12-16(13)17(20)19-10-5-11-21-15-6-3-2-4-7-15/h8-9,12,15H,2-7,10-11H2,1H3,(H,19,20). The Morgan fingerprint density at radius 3 is 2.86 bits per heavy atom. The highest BCUT2D eigenvalue weighted by Gasteiger charge is 2.13. The van der Waals surface area contributed by atoms with Crippen molar-refractivity contribution in [3.05, 3.63) is 33.8 Å². The van der Waals surface area contributed by atoms with Gasteiger partial charge in [0, 0.05) is 23.2 Å². The molecule has 0 spiro atoms. The highest BCUT2D eigenvalue weighted by molar-refractivity contribution is 9.10. The number of rotatable bonds is 6. The molecule has 4 heteroatoms. The van der Waals surface area contributed by atoms with Gasteiger partial charge in [-0.05, 0) is 43.9 Å². The van der Waals surface area contributed by atoms with E-state index in [1.54, 1.807) is 0 Å². The molecule has 0 aliphatic heterocycles. The molecule has 0 bridgehead atoms. The minimum absolute atomic E-state index is 0.00790. The van der Waals surface area contributed by atoms with Crippen LogP contribution in [-0.2, 0) is 4.74 Å². The molecule has 0 heterocycles. The number of aryl methyl sites for hydroxylation is 1.